The number of hydrogen-bond acceptors (Lipinski definition) is 2. The molecule has 0 bridgehead atoms. The van der Waals surface area contributed by atoms with E-state index in [1.54, 1.807) is 0 Å². The van der Waals surface area contributed by atoms with Crippen molar-refractivity contribution < 1.29 is 9.53 Å². The number of epoxide rings is 1. The Balaban J connectivity index is 1.79. The van der Waals surface area contributed by atoms with Crippen LogP contribution in [0.4, 0.5) is 0 Å². The summed E-state index contributed by atoms with van der Waals surface area (Å²) >= 11 is 0. The minimum absolute atomic E-state index is 0.322. The van der Waals surface area contributed by atoms with Gasteiger partial charge in [-0.1, -0.05) is 13.8 Å². The monoisotopic (exact) mass is 197 g/mol. The van der Waals surface area contributed by atoms with Crippen LogP contribution in [0.15, 0.2) is 0 Å². The Bertz CT molecular complexity index is 223. The van der Waals surface area contributed by atoms with Crippen LogP contribution < -0.4 is 0 Å². The number of nitrogens with zero attached hydrogens (tertiary/aromatic N) is 1. The second-order valence-corrected chi connectivity index (χ2v) is 4.86. The molecule has 1 amide bonds. The van der Waals surface area contributed by atoms with Gasteiger partial charge in [0.1, 0.15) is 0 Å². The zero-order valence-corrected chi connectivity index (χ0v) is 9.03. The van der Waals surface area contributed by atoms with Crippen LogP contribution in [0, 0.1) is 11.8 Å². The number of carbonyl (C=O) groups is 1. The highest BCUT2D eigenvalue weighted by Crippen LogP contribution is 2.29. The van der Waals surface area contributed by atoms with Crippen LogP contribution >= 0.6 is 0 Å². The number of ether oxygens (including phenoxy) is 1. The number of hydrogen-bond donors (Lipinski definition) is 0. The van der Waals surface area contributed by atoms with Gasteiger partial charge in [-0.05, 0) is 12.3 Å². The molecule has 2 atom stereocenters. The summed E-state index contributed by atoms with van der Waals surface area (Å²) in [6.07, 6.45) is 2.29. The van der Waals surface area contributed by atoms with E-state index < -0.39 is 0 Å². The third kappa shape index (κ3) is 2.27. The van der Waals surface area contributed by atoms with Gasteiger partial charge in [0.25, 0.3) is 0 Å². The molecule has 2 saturated heterocycles. The van der Waals surface area contributed by atoms with Gasteiger partial charge in [-0.3, -0.25) is 4.79 Å². The van der Waals surface area contributed by atoms with Gasteiger partial charge in [0.2, 0.25) is 5.91 Å². The first-order valence-electron chi connectivity index (χ1n) is 5.56. The summed E-state index contributed by atoms with van der Waals surface area (Å²) in [5.41, 5.74) is 0. The molecule has 0 aliphatic carbocycles. The van der Waals surface area contributed by atoms with Crippen molar-refractivity contribution in [1.29, 1.82) is 0 Å². The molecular weight excluding hydrogens is 178 g/mol. The average Bonchev–Trinajstić information content (AvgIpc) is 2.82. The highest BCUT2D eigenvalue weighted by molar-refractivity contribution is 5.76. The van der Waals surface area contributed by atoms with Gasteiger partial charge in [-0.25, -0.2) is 0 Å². The molecule has 0 aromatic heterocycles. The van der Waals surface area contributed by atoms with Crippen molar-refractivity contribution >= 4 is 5.91 Å². The van der Waals surface area contributed by atoms with Crippen molar-refractivity contribution in [3.8, 4) is 0 Å². The Kier molecular flexibility index (Phi) is 2.77. The zero-order valence-electron chi connectivity index (χ0n) is 9.03. The number of amides is 1. The molecule has 0 radical (unpaired) electrons. The predicted molar refractivity (Wildman–Crippen MR) is 53.9 cm³/mol. The lowest BCUT2D eigenvalue weighted by Gasteiger charge is -2.17. The Morgan fingerprint density at radius 1 is 1.57 bits per heavy atom. The largest absolute Gasteiger partial charge is 0.373 e. The molecule has 2 aliphatic rings. The molecule has 0 aromatic rings. The van der Waals surface area contributed by atoms with E-state index >= 15 is 0 Å². The summed E-state index contributed by atoms with van der Waals surface area (Å²) in [5.74, 6) is 1.41. The maximum atomic E-state index is 11.7. The summed E-state index contributed by atoms with van der Waals surface area (Å²) in [6.45, 7) is 6.97. The van der Waals surface area contributed by atoms with Crippen molar-refractivity contribution in [3.63, 3.8) is 0 Å². The number of likely N-dealkylation sites (tertiary alicyclic amines) is 1. The highest BCUT2D eigenvalue weighted by Gasteiger charge is 2.38. The van der Waals surface area contributed by atoms with Gasteiger partial charge in [0.15, 0.2) is 0 Å². The number of carbonyl (C=O) groups excluding carboxylic acids is 1. The van der Waals surface area contributed by atoms with E-state index in [-0.39, 0.29) is 0 Å². The van der Waals surface area contributed by atoms with Crippen LogP contribution in [-0.2, 0) is 9.53 Å². The van der Waals surface area contributed by atoms with Crippen LogP contribution in [0.5, 0.6) is 0 Å². The lowest BCUT2D eigenvalue weighted by Crippen LogP contribution is -2.30. The van der Waals surface area contributed by atoms with Crippen molar-refractivity contribution in [2.75, 3.05) is 19.7 Å². The second-order valence-electron chi connectivity index (χ2n) is 4.86. The molecule has 0 N–H and O–H groups in total. The van der Waals surface area contributed by atoms with Gasteiger partial charge < -0.3 is 9.64 Å². The molecule has 14 heavy (non-hydrogen) atoms. The van der Waals surface area contributed by atoms with E-state index in [1.165, 1.54) is 0 Å². The standard InChI is InChI=1S/C11H19NO2/c1-8(2)5-11(13)12-4-3-9(6-12)10-7-14-10/h8-10H,3-7H2,1-2H3. The third-order valence-electron chi connectivity index (χ3n) is 3.05. The minimum Gasteiger partial charge on any atom is -0.373 e. The van der Waals surface area contributed by atoms with Crippen molar-refractivity contribution in [2.24, 2.45) is 11.8 Å². The smallest absolute Gasteiger partial charge is 0.222 e. The Labute approximate surface area is 85.4 Å². The fourth-order valence-electron chi connectivity index (χ4n) is 2.12. The molecular formula is C11H19NO2. The van der Waals surface area contributed by atoms with Gasteiger partial charge in [0.05, 0.1) is 12.7 Å². The minimum atomic E-state index is 0.322. The maximum Gasteiger partial charge on any atom is 0.222 e. The zero-order chi connectivity index (χ0) is 10.1. The second kappa shape index (κ2) is 3.89. The quantitative estimate of drug-likeness (QED) is 0.638. The fourth-order valence-corrected chi connectivity index (χ4v) is 2.12. The summed E-state index contributed by atoms with van der Waals surface area (Å²) in [4.78, 5) is 13.7. The first-order chi connectivity index (χ1) is 6.66. The van der Waals surface area contributed by atoms with Crippen LogP contribution in [0.25, 0.3) is 0 Å². The normalized spacial score (nSPS) is 31.2. The summed E-state index contributed by atoms with van der Waals surface area (Å²) in [5, 5.41) is 0. The van der Waals surface area contributed by atoms with Crippen LogP contribution in [0.1, 0.15) is 26.7 Å². The summed E-state index contributed by atoms with van der Waals surface area (Å²) in [6, 6.07) is 0. The summed E-state index contributed by atoms with van der Waals surface area (Å²) in [7, 11) is 0. The van der Waals surface area contributed by atoms with E-state index in [2.05, 4.69) is 13.8 Å². The van der Waals surface area contributed by atoms with Crippen molar-refractivity contribution in [3.05, 3.63) is 0 Å². The van der Waals surface area contributed by atoms with Crippen LogP contribution in [0.2, 0.25) is 0 Å². The SMILES string of the molecule is CC(C)CC(=O)N1CCC(C2CO2)C1. The molecule has 2 heterocycles. The van der Waals surface area contributed by atoms with E-state index in [9.17, 15) is 4.79 Å². The molecule has 3 nitrogen and oxygen atoms in total. The molecule has 2 rings (SSSR count). The topological polar surface area (TPSA) is 32.8 Å². The lowest BCUT2D eigenvalue weighted by molar-refractivity contribution is -0.131. The Morgan fingerprint density at radius 3 is 2.86 bits per heavy atom. The van der Waals surface area contributed by atoms with Gasteiger partial charge in [0, 0.05) is 25.4 Å². The maximum absolute atomic E-state index is 11.7. The van der Waals surface area contributed by atoms with Gasteiger partial charge in [-0.2, -0.15) is 0 Å². The van der Waals surface area contributed by atoms with Crippen molar-refractivity contribution in [2.45, 2.75) is 32.8 Å². The van der Waals surface area contributed by atoms with E-state index in [4.69, 9.17) is 4.74 Å². The highest BCUT2D eigenvalue weighted by atomic mass is 16.6. The Morgan fingerprint density at radius 2 is 2.29 bits per heavy atom. The first kappa shape index (κ1) is 9.97. The lowest BCUT2D eigenvalue weighted by atomic mass is 10.1. The van der Waals surface area contributed by atoms with E-state index in [0.29, 0.717) is 30.3 Å². The van der Waals surface area contributed by atoms with Gasteiger partial charge in [-0.15, -0.1) is 0 Å². The Hall–Kier alpha value is -0.570. The molecule has 80 valence electrons. The molecule has 0 aromatic carbocycles. The van der Waals surface area contributed by atoms with Gasteiger partial charge >= 0.3 is 0 Å². The van der Waals surface area contributed by atoms with E-state index in [1.807, 2.05) is 4.90 Å². The summed E-state index contributed by atoms with van der Waals surface area (Å²) < 4.78 is 5.26. The predicted octanol–water partition coefficient (Wildman–Crippen LogP) is 1.28. The molecule has 2 aliphatic heterocycles. The van der Waals surface area contributed by atoms with Crippen LogP contribution in [-0.4, -0.2) is 36.6 Å². The molecule has 0 saturated carbocycles. The molecule has 3 heteroatoms. The van der Waals surface area contributed by atoms with Crippen LogP contribution in [0.3, 0.4) is 0 Å². The molecule has 2 fully saturated rings. The van der Waals surface area contributed by atoms with E-state index in [0.717, 1.165) is 26.1 Å². The first-order valence-corrected chi connectivity index (χ1v) is 5.56. The number of rotatable bonds is 3. The third-order valence-corrected chi connectivity index (χ3v) is 3.05. The average molecular weight is 197 g/mol. The molecule has 0 spiro atoms. The molecule has 2 unspecified atom stereocenters. The fraction of sp³-hybridized carbons (Fsp3) is 0.909. The van der Waals surface area contributed by atoms with Crippen molar-refractivity contribution in [1.82, 2.24) is 4.90 Å².